The minimum atomic E-state index is -0.317. The number of allylic oxidation sites excluding steroid dienone is 1. The van der Waals surface area contributed by atoms with E-state index in [1.165, 1.54) is 0 Å². The molecule has 0 fully saturated rings. The van der Waals surface area contributed by atoms with Gasteiger partial charge in [-0.25, -0.2) is 0 Å². The summed E-state index contributed by atoms with van der Waals surface area (Å²) in [6.45, 7) is 6.20. The topological polar surface area (TPSA) is 46.5 Å². The predicted octanol–water partition coefficient (Wildman–Crippen LogP) is 3.07. The minimum Gasteiger partial charge on any atom is -0.462 e. The van der Waals surface area contributed by atoms with E-state index in [2.05, 4.69) is 32.9 Å². The van der Waals surface area contributed by atoms with Gasteiger partial charge in [-0.05, 0) is 31.1 Å². The van der Waals surface area contributed by atoms with Crippen molar-refractivity contribution in [1.82, 2.24) is 0 Å². The van der Waals surface area contributed by atoms with Crippen LogP contribution in [0.15, 0.2) is 12.2 Å². The van der Waals surface area contributed by atoms with E-state index in [4.69, 9.17) is 4.74 Å². The Balaban J connectivity index is 2.64. The van der Waals surface area contributed by atoms with Crippen LogP contribution in [0.1, 0.15) is 52.9 Å². The van der Waals surface area contributed by atoms with E-state index < -0.39 is 0 Å². The molecule has 0 saturated heterocycles. The first-order valence-corrected chi connectivity index (χ1v) is 7.03. The van der Waals surface area contributed by atoms with E-state index in [0.29, 0.717) is 25.2 Å². The summed E-state index contributed by atoms with van der Waals surface area (Å²) in [6.07, 6.45) is 7.29. The Hall–Kier alpha value is -0.830. The molecule has 1 heterocycles. The molecule has 104 valence electrons. The maximum atomic E-state index is 11.7. The van der Waals surface area contributed by atoms with E-state index in [1.54, 1.807) is 0 Å². The lowest BCUT2D eigenvalue weighted by Crippen LogP contribution is -2.24. The standard InChI is InChI=1S/C15H26O3/c1-11(2)14-9-5-4-7-12(3)13(16)8-6-10-15(17)18-14/h4-5,11-14,16H,6-10H2,1-3H3/b5-4+/t12-,13-,14-/m0/s1. The van der Waals surface area contributed by atoms with Crippen molar-refractivity contribution in [2.45, 2.75) is 65.1 Å². The molecule has 1 aliphatic rings. The fourth-order valence-corrected chi connectivity index (χ4v) is 2.12. The summed E-state index contributed by atoms with van der Waals surface area (Å²) in [7, 11) is 0. The summed E-state index contributed by atoms with van der Waals surface area (Å²) < 4.78 is 5.47. The second-order valence-corrected chi connectivity index (χ2v) is 5.65. The molecule has 0 amide bonds. The molecule has 1 rings (SSSR count). The zero-order chi connectivity index (χ0) is 13.5. The lowest BCUT2D eigenvalue weighted by Gasteiger charge is -2.22. The van der Waals surface area contributed by atoms with Crippen molar-refractivity contribution in [1.29, 1.82) is 0 Å². The van der Waals surface area contributed by atoms with Gasteiger partial charge in [0, 0.05) is 12.8 Å². The van der Waals surface area contributed by atoms with E-state index in [9.17, 15) is 9.90 Å². The number of cyclic esters (lactones) is 1. The third-order valence-electron chi connectivity index (χ3n) is 3.61. The largest absolute Gasteiger partial charge is 0.462 e. The van der Waals surface area contributed by atoms with Crippen molar-refractivity contribution in [2.24, 2.45) is 11.8 Å². The van der Waals surface area contributed by atoms with Crippen LogP contribution in [0.4, 0.5) is 0 Å². The molecule has 0 bridgehead atoms. The van der Waals surface area contributed by atoms with Crippen molar-refractivity contribution >= 4 is 5.97 Å². The number of rotatable bonds is 1. The highest BCUT2D eigenvalue weighted by molar-refractivity contribution is 5.69. The van der Waals surface area contributed by atoms with E-state index in [-0.39, 0.29) is 24.1 Å². The lowest BCUT2D eigenvalue weighted by molar-refractivity contribution is -0.151. The smallest absolute Gasteiger partial charge is 0.306 e. The molecule has 0 aromatic heterocycles. The molecule has 0 spiro atoms. The fourth-order valence-electron chi connectivity index (χ4n) is 2.12. The number of ether oxygens (including phenoxy) is 1. The highest BCUT2D eigenvalue weighted by Gasteiger charge is 2.19. The maximum absolute atomic E-state index is 11.7. The molecular weight excluding hydrogens is 228 g/mol. The molecule has 0 aromatic rings. The number of esters is 1. The van der Waals surface area contributed by atoms with Crippen LogP contribution in [0.25, 0.3) is 0 Å². The highest BCUT2D eigenvalue weighted by Crippen LogP contribution is 2.19. The maximum Gasteiger partial charge on any atom is 0.306 e. The van der Waals surface area contributed by atoms with E-state index >= 15 is 0 Å². The van der Waals surface area contributed by atoms with Crippen LogP contribution in [0.2, 0.25) is 0 Å². The zero-order valence-corrected chi connectivity index (χ0v) is 11.8. The van der Waals surface area contributed by atoms with Crippen molar-refractivity contribution in [3.05, 3.63) is 12.2 Å². The van der Waals surface area contributed by atoms with Gasteiger partial charge in [0.1, 0.15) is 6.10 Å². The Morgan fingerprint density at radius 2 is 2.00 bits per heavy atom. The number of carbonyl (C=O) groups is 1. The third-order valence-corrected chi connectivity index (χ3v) is 3.61. The van der Waals surface area contributed by atoms with Crippen molar-refractivity contribution in [2.75, 3.05) is 0 Å². The van der Waals surface area contributed by atoms with Crippen LogP contribution >= 0.6 is 0 Å². The monoisotopic (exact) mass is 254 g/mol. The van der Waals surface area contributed by atoms with Gasteiger partial charge in [-0.3, -0.25) is 4.79 Å². The van der Waals surface area contributed by atoms with Crippen molar-refractivity contribution in [3.63, 3.8) is 0 Å². The number of aliphatic hydroxyl groups is 1. The van der Waals surface area contributed by atoms with Crippen molar-refractivity contribution < 1.29 is 14.6 Å². The van der Waals surface area contributed by atoms with E-state index in [1.807, 2.05) is 0 Å². The van der Waals surface area contributed by atoms with Crippen LogP contribution in [0, 0.1) is 11.8 Å². The first-order valence-electron chi connectivity index (χ1n) is 7.03. The molecule has 0 saturated carbocycles. The van der Waals surface area contributed by atoms with Gasteiger partial charge >= 0.3 is 5.97 Å². The Morgan fingerprint density at radius 3 is 2.67 bits per heavy atom. The number of hydrogen-bond acceptors (Lipinski definition) is 3. The predicted molar refractivity (Wildman–Crippen MR) is 72.1 cm³/mol. The second-order valence-electron chi connectivity index (χ2n) is 5.65. The SMILES string of the molecule is CC(C)[C@@H]1C/C=C/C[C@H](C)[C@@H](O)CCCC(=O)O1. The molecule has 3 heteroatoms. The molecule has 18 heavy (non-hydrogen) atoms. The molecule has 3 nitrogen and oxygen atoms in total. The van der Waals surface area contributed by atoms with E-state index in [0.717, 1.165) is 12.8 Å². The molecular formula is C15H26O3. The van der Waals surface area contributed by atoms with Gasteiger partial charge in [0.05, 0.1) is 6.10 Å². The third kappa shape index (κ3) is 5.21. The number of carbonyl (C=O) groups excluding carboxylic acids is 1. The van der Waals surface area contributed by atoms with Gasteiger partial charge in [0.25, 0.3) is 0 Å². The van der Waals surface area contributed by atoms with Gasteiger partial charge in [-0.2, -0.15) is 0 Å². The summed E-state index contributed by atoms with van der Waals surface area (Å²) in [5.74, 6) is 0.460. The van der Waals surface area contributed by atoms with Crippen LogP contribution in [-0.2, 0) is 9.53 Å². The minimum absolute atomic E-state index is 0.0200. The summed E-state index contributed by atoms with van der Waals surface area (Å²) >= 11 is 0. The summed E-state index contributed by atoms with van der Waals surface area (Å²) in [5.41, 5.74) is 0. The van der Waals surface area contributed by atoms with Crippen LogP contribution in [0.5, 0.6) is 0 Å². The Labute approximate surface area is 110 Å². The number of aliphatic hydroxyl groups excluding tert-OH is 1. The summed E-state index contributed by atoms with van der Waals surface area (Å²) in [6, 6.07) is 0. The Morgan fingerprint density at radius 1 is 1.33 bits per heavy atom. The van der Waals surface area contributed by atoms with Gasteiger partial charge in [0.15, 0.2) is 0 Å². The molecule has 0 aliphatic carbocycles. The number of hydrogen-bond donors (Lipinski definition) is 1. The van der Waals surface area contributed by atoms with Crippen LogP contribution < -0.4 is 0 Å². The van der Waals surface area contributed by atoms with Crippen LogP contribution in [0.3, 0.4) is 0 Å². The molecule has 0 unspecified atom stereocenters. The molecule has 1 N–H and O–H groups in total. The molecule has 0 aromatic carbocycles. The average Bonchev–Trinajstić information content (AvgIpc) is 2.30. The Bertz CT molecular complexity index is 283. The highest BCUT2D eigenvalue weighted by atomic mass is 16.5. The second kappa shape index (κ2) is 7.57. The van der Waals surface area contributed by atoms with Gasteiger partial charge in [-0.1, -0.05) is 32.9 Å². The van der Waals surface area contributed by atoms with Gasteiger partial charge in [0.2, 0.25) is 0 Å². The molecule has 3 atom stereocenters. The van der Waals surface area contributed by atoms with Crippen molar-refractivity contribution in [3.8, 4) is 0 Å². The summed E-state index contributed by atoms with van der Waals surface area (Å²) in [5, 5.41) is 9.90. The Kier molecular flexibility index (Phi) is 6.41. The molecule has 0 radical (unpaired) electrons. The van der Waals surface area contributed by atoms with Gasteiger partial charge < -0.3 is 9.84 Å². The normalized spacial score (nSPS) is 33.4. The lowest BCUT2D eigenvalue weighted by atomic mass is 9.95. The fraction of sp³-hybridized carbons (Fsp3) is 0.800. The average molecular weight is 254 g/mol. The molecule has 1 aliphatic heterocycles. The zero-order valence-electron chi connectivity index (χ0n) is 11.8. The first-order chi connectivity index (χ1) is 8.50. The van der Waals surface area contributed by atoms with Crippen LogP contribution in [-0.4, -0.2) is 23.3 Å². The van der Waals surface area contributed by atoms with Gasteiger partial charge in [-0.15, -0.1) is 0 Å². The quantitative estimate of drug-likeness (QED) is 0.578. The first kappa shape index (κ1) is 15.2. The summed E-state index contributed by atoms with van der Waals surface area (Å²) in [4.78, 5) is 11.7.